The summed E-state index contributed by atoms with van der Waals surface area (Å²) in [7, 11) is 1.77. The standard InChI is InChI=1S/C21H26N2O3/c1-23-20(25)26-12-21(23)10-17(11-21)19(24)22-18-8-16(9-18)15-4-2-3-14(7-15)13-5-6-13/h2-4,7,13,16-18H,5-6,8-12H2,1H3,(H,22,24). The molecule has 0 unspecified atom stereocenters. The number of nitrogens with one attached hydrogen (secondary N) is 1. The predicted octanol–water partition coefficient (Wildman–Crippen LogP) is 3.16. The van der Waals surface area contributed by atoms with Crippen LogP contribution < -0.4 is 5.32 Å². The van der Waals surface area contributed by atoms with E-state index >= 15 is 0 Å². The monoisotopic (exact) mass is 354 g/mol. The molecule has 3 saturated carbocycles. The lowest BCUT2D eigenvalue weighted by molar-refractivity contribution is -0.133. The molecule has 1 spiro atoms. The zero-order valence-corrected chi connectivity index (χ0v) is 15.2. The third kappa shape index (κ3) is 2.60. The summed E-state index contributed by atoms with van der Waals surface area (Å²) in [5.41, 5.74) is 2.70. The van der Waals surface area contributed by atoms with Crippen molar-refractivity contribution in [2.75, 3.05) is 13.7 Å². The number of likely N-dealkylation sites (N-methyl/N-ethyl adjacent to an activating group) is 1. The summed E-state index contributed by atoms with van der Waals surface area (Å²) < 4.78 is 5.11. The first-order valence-corrected chi connectivity index (χ1v) is 9.85. The molecule has 5 nitrogen and oxygen atoms in total. The normalized spacial score (nSPS) is 35.7. The molecule has 1 saturated heterocycles. The van der Waals surface area contributed by atoms with Crippen LogP contribution >= 0.6 is 0 Å². The summed E-state index contributed by atoms with van der Waals surface area (Å²) in [5.74, 6) is 1.54. The number of carbonyl (C=O) groups is 2. The first kappa shape index (κ1) is 16.2. The van der Waals surface area contributed by atoms with Gasteiger partial charge in [0.15, 0.2) is 0 Å². The Balaban J connectivity index is 1.11. The summed E-state index contributed by atoms with van der Waals surface area (Å²) in [6.07, 6.45) is 5.93. The maximum Gasteiger partial charge on any atom is 0.410 e. The van der Waals surface area contributed by atoms with E-state index in [1.54, 1.807) is 11.9 Å². The molecule has 0 atom stereocenters. The van der Waals surface area contributed by atoms with E-state index in [4.69, 9.17) is 4.74 Å². The molecular weight excluding hydrogens is 328 g/mol. The Hall–Kier alpha value is -2.04. The maximum atomic E-state index is 12.5. The summed E-state index contributed by atoms with van der Waals surface area (Å²) in [5, 5.41) is 3.22. The fourth-order valence-electron chi connectivity index (χ4n) is 4.83. The van der Waals surface area contributed by atoms with Crippen molar-refractivity contribution in [3.05, 3.63) is 35.4 Å². The number of benzene rings is 1. The van der Waals surface area contributed by atoms with Crippen LogP contribution in [0.2, 0.25) is 0 Å². The van der Waals surface area contributed by atoms with Gasteiger partial charge in [-0.25, -0.2) is 4.79 Å². The molecule has 0 bridgehead atoms. The van der Waals surface area contributed by atoms with Gasteiger partial charge in [-0.15, -0.1) is 0 Å². The summed E-state index contributed by atoms with van der Waals surface area (Å²) in [6.45, 7) is 0.426. The quantitative estimate of drug-likeness (QED) is 0.904. The van der Waals surface area contributed by atoms with Gasteiger partial charge in [0.2, 0.25) is 5.91 Å². The van der Waals surface area contributed by atoms with Crippen molar-refractivity contribution in [3.8, 4) is 0 Å². The van der Waals surface area contributed by atoms with E-state index in [-0.39, 0.29) is 23.5 Å². The van der Waals surface area contributed by atoms with Gasteiger partial charge in [0.25, 0.3) is 0 Å². The van der Waals surface area contributed by atoms with Crippen molar-refractivity contribution in [2.24, 2.45) is 5.92 Å². The molecule has 138 valence electrons. The van der Waals surface area contributed by atoms with Crippen LogP contribution in [0.25, 0.3) is 0 Å². The third-order valence-electron chi connectivity index (χ3n) is 6.99. The minimum Gasteiger partial charge on any atom is -0.447 e. The van der Waals surface area contributed by atoms with Gasteiger partial charge in [0, 0.05) is 19.0 Å². The van der Waals surface area contributed by atoms with Gasteiger partial charge < -0.3 is 15.0 Å². The van der Waals surface area contributed by atoms with E-state index in [1.807, 2.05) is 0 Å². The Morgan fingerprint density at radius 1 is 1.19 bits per heavy atom. The zero-order chi connectivity index (χ0) is 17.9. The highest BCUT2D eigenvalue weighted by molar-refractivity contribution is 5.81. The predicted molar refractivity (Wildman–Crippen MR) is 96.9 cm³/mol. The molecule has 2 amide bonds. The molecule has 5 rings (SSSR count). The Morgan fingerprint density at radius 3 is 2.50 bits per heavy atom. The van der Waals surface area contributed by atoms with E-state index in [2.05, 4.69) is 29.6 Å². The smallest absolute Gasteiger partial charge is 0.410 e. The fraction of sp³-hybridized carbons (Fsp3) is 0.619. The van der Waals surface area contributed by atoms with Gasteiger partial charge in [-0.1, -0.05) is 24.3 Å². The second-order valence-corrected chi connectivity index (χ2v) is 8.76. The highest BCUT2D eigenvalue weighted by Crippen LogP contribution is 2.46. The Labute approximate surface area is 154 Å². The van der Waals surface area contributed by atoms with Crippen LogP contribution in [0.15, 0.2) is 24.3 Å². The fourth-order valence-corrected chi connectivity index (χ4v) is 4.83. The summed E-state index contributed by atoms with van der Waals surface area (Å²) >= 11 is 0. The number of amides is 2. The number of carbonyl (C=O) groups excluding carboxylic acids is 2. The maximum absolute atomic E-state index is 12.5. The Morgan fingerprint density at radius 2 is 1.88 bits per heavy atom. The second kappa shape index (κ2) is 5.73. The van der Waals surface area contributed by atoms with E-state index in [0.717, 1.165) is 31.6 Å². The highest BCUT2D eigenvalue weighted by atomic mass is 16.6. The zero-order valence-electron chi connectivity index (χ0n) is 15.2. The molecule has 1 aliphatic heterocycles. The van der Waals surface area contributed by atoms with Crippen LogP contribution in [-0.2, 0) is 9.53 Å². The van der Waals surface area contributed by atoms with E-state index < -0.39 is 0 Å². The Kier molecular flexibility index (Phi) is 3.56. The van der Waals surface area contributed by atoms with E-state index in [9.17, 15) is 9.59 Å². The molecule has 1 N–H and O–H groups in total. The lowest BCUT2D eigenvalue weighted by Crippen LogP contribution is -2.59. The molecule has 4 fully saturated rings. The number of rotatable bonds is 4. The molecule has 5 heteroatoms. The van der Waals surface area contributed by atoms with Crippen molar-refractivity contribution in [3.63, 3.8) is 0 Å². The molecule has 1 aromatic carbocycles. The van der Waals surface area contributed by atoms with Gasteiger partial charge in [-0.05, 0) is 61.5 Å². The number of ether oxygens (including phenoxy) is 1. The number of cyclic esters (lactones) is 1. The molecule has 3 aliphatic carbocycles. The molecule has 1 heterocycles. The van der Waals surface area contributed by atoms with Crippen LogP contribution in [0, 0.1) is 5.92 Å². The second-order valence-electron chi connectivity index (χ2n) is 8.76. The average Bonchev–Trinajstić information content (AvgIpc) is 3.37. The lowest BCUT2D eigenvalue weighted by Gasteiger charge is -2.47. The van der Waals surface area contributed by atoms with E-state index in [1.165, 1.54) is 24.0 Å². The van der Waals surface area contributed by atoms with Gasteiger partial charge >= 0.3 is 6.09 Å². The largest absolute Gasteiger partial charge is 0.447 e. The van der Waals surface area contributed by atoms with Gasteiger partial charge in [-0.2, -0.15) is 0 Å². The first-order chi connectivity index (χ1) is 12.5. The van der Waals surface area contributed by atoms with Crippen molar-refractivity contribution >= 4 is 12.0 Å². The van der Waals surface area contributed by atoms with Crippen LogP contribution in [0.5, 0.6) is 0 Å². The average molecular weight is 354 g/mol. The molecule has 1 aromatic rings. The molecule has 26 heavy (non-hydrogen) atoms. The van der Waals surface area contributed by atoms with Crippen LogP contribution in [-0.4, -0.2) is 42.1 Å². The van der Waals surface area contributed by atoms with Crippen molar-refractivity contribution < 1.29 is 14.3 Å². The minimum absolute atomic E-state index is 0.0178. The Bertz CT molecular complexity index is 745. The summed E-state index contributed by atoms with van der Waals surface area (Å²) in [6, 6.07) is 9.34. The van der Waals surface area contributed by atoms with E-state index in [0.29, 0.717) is 18.6 Å². The highest BCUT2D eigenvalue weighted by Gasteiger charge is 2.56. The topological polar surface area (TPSA) is 58.6 Å². The van der Waals surface area contributed by atoms with Gasteiger partial charge in [0.1, 0.15) is 6.61 Å². The van der Waals surface area contributed by atoms with Crippen LogP contribution in [0.3, 0.4) is 0 Å². The van der Waals surface area contributed by atoms with Crippen molar-refractivity contribution in [1.29, 1.82) is 0 Å². The number of hydrogen-bond donors (Lipinski definition) is 1. The molecular formula is C21H26N2O3. The van der Waals surface area contributed by atoms with Crippen molar-refractivity contribution in [1.82, 2.24) is 10.2 Å². The molecule has 0 radical (unpaired) electrons. The van der Waals surface area contributed by atoms with Crippen LogP contribution in [0.1, 0.15) is 61.5 Å². The van der Waals surface area contributed by atoms with Gasteiger partial charge in [0.05, 0.1) is 5.54 Å². The minimum atomic E-state index is -0.265. The first-order valence-electron chi connectivity index (χ1n) is 9.85. The number of nitrogens with zero attached hydrogens (tertiary/aromatic N) is 1. The van der Waals surface area contributed by atoms with Crippen molar-refractivity contribution in [2.45, 2.75) is 61.9 Å². The number of hydrogen-bond acceptors (Lipinski definition) is 3. The lowest BCUT2D eigenvalue weighted by atomic mass is 9.67. The van der Waals surface area contributed by atoms with Crippen LogP contribution in [0.4, 0.5) is 4.79 Å². The third-order valence-corrected chi connectivity index (χ3v) is 6.99. The summed E-state index contributed by atoms with van der Waals surface area (Å²) in [4.78, 5) is 25.7. The van der Waals surface area contributed by atoms with Gasteiger partial charge in [-0.3, -0.25) is 4.79 Å². The SMILES string of the molecule is CN1C(=O)OCC12CC(C(=O)NC1CC(c3cccc(C4CC4)c3)C1)C2. The molecule has 4 aliphatic rings. The molecule has 0 aromatic heterocycles.